The number of carbonyl (C=O) groups is 2. The molecule has 1 aromatic heterocycles. The number of nitrogens with zero attached hydrogens (tertiary/aromatic N) is 3. The Labute approximate surface area is 215 Å². The number of ketones is 1. The highest BCUT2D eigenvalue weighted by Gasteiger charge is 2.45. The van der Waals surface area contributed by atoms with Crippen molar-refractivity contribution in [1.29, 1.82) is 0 Å². The van der Waals surface area contributed by atoms with Crippen LogP contribution >= 0.6 is 0 Å². The number of likely N-dealkylation sites (tertiary alicyclic amines) is 1. The summed E-state index contributed by atoms with van der Waals surface area (Å²) in [6, 6.07) is 15.8. The van der Waals surface area contributed by atoms with Gasteiger partial charge in [-0.05, 0) is 25.1 Å². The molecule has 192 valence electrons. The van der Waals surface area contributed by atoms with E-state index in [0.717, 1.165) is 18.8 Å². The van der Waals surface area contributed by atoms with Crippen molar-refractivity contribution in [2.24, 2.45) is 0 Å². The van der Waals surface area contributed by atoms with Crippen LogP contribution in [0.15, 0.2) is 66.4 Å². The lowest BCUT2D eigenvalue weighted by atomic mass is 9.94. The van der Waals surface area contributed by atoms with Crippen LogP contribution in [0.1, 0.15) is 22.9 Å². The summed E-state index contributed by atoms with van der Waals surface area (Å²) in [7, 11) is 1.54. The second-order valence-corrected chi connectivity index (χ2v) is 9.22. The molecular weight excluding hydrogens is 472 g/mol. The molecular formula is C28H30N4O5. The van der Waals surface area contributed by atoms with Crippen LogP contribution in [0.5, 0.6) is 5.75 Å². The number of aromatic nitrogens is 2. The Morgan fingerprint density at radius 3 is 2.54 bits per heavy atom. The molecule has 0 spiro atoms. The second-order valence-electron chi connectivity index (χ2n) is 9.22. The largest absolute Gasteiger partial charge is 0.872 e. The number of rotatable bonds is 7. The fourth-order valence-corrected chi connectivity index (χ4v) is 5.11. The highest BCUT2D eigenvalue weighted by Crippen LogP contribution is 2.42. The smallest absolute Gasteiger partial charge is 0.295 e. The quantitative estimate of drug-likeness (QED) is 0.284. The summed E-state index contributed by atoms with van der Waals surface area (Å²) in [5, 5.41) is 18.4. The van der Waals surface area contributed by atoms with Gasteiger partial charge in [0.15, 0.2) is 0 Å². The van der Waals surface area contributed by atoms with Crippen molar-refractivity contribution in [3.8, 4) is 11.4 Å². The molecule has 0 saturated carbocycles. The van der Waals surface area contributed by atoms with Gasteiger partial charge in [-0.3, -0.25) is 9.59 Å². The van der Waals surface area contributed by atoms with Crippen molar-refractivity contribution in [1.82, 2.24) is 14.7 Å². The zero-order valence-electron chi connectivity index (χ0n) is 21.0. The van der Waals surface area contributed by atoms with Crippen LogP contribution in [0, 0.1) is 6.92 Å². The Bertz CT molecular complexity index is 1330. The first-order valence-electron chi connectivity index (χ1n) is 12.4. The van der Waals surface area contributed by atoms with Gasteiger partial charge < -0.3 is 24.4 Å². The number of morpholine rings is 1. The van der Waals surface area contributed by atoms with Crippen molar-refractivity contribution in [2.75, 3.05) is 46.5 Å². The number of nitrogens with one attached hydrogen (secondary N) is 1. The van der Waals surface area contributed by atoms with Crippen molar-refractivity contribution in [3.63, 3.8) is 0 Å². The fraction of sp³-hybridized carbons (Fsp3) is 0.321. The Morgan fingerprint density at radius 2 is 1.81 bits per heavy atom. The lowest BCUT2D eigenvalue weighted by Crippen LogP contribution is -3.14. The van der Waals surface area contributed by atoms with E-state index in [1.54, 1.807) is 23.7 Å². The molecule has 2 aromatic carbocycles. The standard InChI is InChI=1S/C28H30N4O5/c1-19-22(18-29-32(19)20-8-4-3-5-9-20)26(33)24-25(21-10-6-7-11-23(21)36-2)31(28(35)27(24)34)13-12-30-14-16-37-17-15-30/h3-11,18,25,33H,12-17H2,1-2H3. The average molecular weight is 503 g/mol. The number of hydrogen-bond acceptors (Lipinski definition) is 6. The van der Waals surface area contributed by atoms with Gasteiger partial charge in [0.05, 0.1) is 51.3 Å². The van der Waals surface area contributed by atoms with Crippen LogP contribution in [-0.2, 0) is 14.3 Å². The lowest BCUT2D eigenvalue weighted by molar-refractivity contribution is -0.907. The van der Waals surface area contributed by atoms with Gasteiger partial charge in [-0.1, -0.05) is 42.2 Å². The van der Waals surface area contributed by atoms with Gasteiger partial charge in [-0.15, -0.1) is 0 Å². The predicted octanol–water partition coefficient (Wildman–Crippen LogP) is 0.328. The number of hydrogen-bond donors (Lipinski definition) is 1. The van der Waals surface area contributed by atoms with Gasteiger partial charge in [0.1, 0.15) is 18.8 Å². The summed E-state index contributed by atoms with van der Waals surface area (Å²) in [5.74, 6) is -1.42. The average Bonchev–Trinajstić information content (AvgIpc) is 3.44. The third-order valence-electron chi connectivity index (χ3n) is 7.12. The van der Waals surface area contributed by atoms with E-state index in [4.69, 9.17) is 9.47 Å². The van der Waals surface area contributed by atoms with Crippen LogP contribution in [0.25, 0.3) is 11.4 Å². The van der Waals surface area contributed by atoms with Gasteiger partial charge in [-0.25, -0.2) is 4.68 Å². The molecule has 0 aliphatic carbocycles. The third-order valence-corrected chi connectivity index (χ3v) is 7.12. The van der Waals surface area contributed by atoms with Gasteiger partial charge in [-0.2, -0.15) is 5.10 Å². The Kier molecular flexibility index (Phi) is 7.07. The maximum absolute atomic E-state index is 14.0. The molecule has 2 saturated heterocycles. The molecule has 2 fully saturated rings. The van der Waals surface area contributed by atoms with E-state index in [2.05, 4.69) is 5.10 Å². The van der Waals surface area contributed by atoms with Crippen LogP contribution in [-0.4, -0.2) is 72.9 Å². The van der Waals surface area contributed by atoms with Crippen LogP contribution in [0.3, 0.4) is 0 Å². The molecule has 1 unspecified atom stereocenters. The first kappa shape index (κ1) is 24.7. The molecule has 37 heavy (non-hydrogen) atoms. The Balaban J connectivity index is 1.58. The van der Waals surface area contributed by atoms with Crippen LogP contribution in [0.4, 0.5) is 0 Å². The van der Waals surface area contributed by atoms with E-state index < -0.39 is 23.5 Å². The molecule has 3 aromatic rings. The minimum absolute atomic E-state index is 0.0674. The number of methoxy groups -OCH3 is 1. The molecule has 3 heterocycles. The van der Waals surface area contributed by atoms with E-state index in [9.17, 15) is 14.7 Å². The normalized spacial score (nSPS) is 19.9. The molecule has 1 N–H and O–H groups in total. The number of benzene rings is 2. The van der Waals surface area contributed by atoms with Crippen molar-refractivity contribution >= 4 is 17.4 Å². The molecule has 1 atom stereocenters. The summed E-state index contributed by atoms with van der Waals surface area (Å²) in [5.41, 5.74) is 2.23. The van der Waals surface area contributed by atoms with E-state index in [-0.39, 0.29) is 5.57 Å². The molecule has 9 heteroatoms. The maximum atomic E-state index is 14.0. The molecule has 9 nitrogen and oxygen atoms in total. The van der Waals surface area contributed by atoms with E-state index in [1.165, 1.54) is 23.1 Å². The summed E-state index contributed by atoms with van der Waals surface area (Å²) in [6.07, 6.45) is 1.47. The number of carbonyl (C=O) groups excluding carboxylic acids is 2. The molecule has 1 amide bonds. The lowest BCUT2D eigenvalue weighted by Gasteiger charge is -2.30. The topological polar surface area (TPSA) is 101 Å². The number of Topliss-reactive ketones (excluding diaryl/α,β-unsaturated/α-hetero) is 1. The molecule has 2 aliphatic rings. The SMILES string of the molecule is COc1ccccc1C1C(=C([O-])c2cnn(-c3ccccc3)c2C)C(=O)C(=O)N1CC[NH+]1CCOCC1. The Morgan fingerprint density at radius 1 is 1.11 bits per heavy atom. The van der Waals surface area contributed by atoms with Crippen molar-refractivity contribution in [2.45, 2.75) is 13.0 Å². The first-order valence-corrected chi connectivity index (χ1v) is 12.4. The number of quaternary nitrogens is 1. The molecule has 2 aliphatic heterocycles. The van der Waals surface area contributed by atoms with Gasteiger partial charge in [0.2, 0.25) is 5.78 Å². The number of para-hydroxylation sites is 2. The van der Waals surface area contributed by atoms with E-state index in [1.807, 2.05) is 42.5 Å². The van der Waals surface area contributed by atoms with E-state index >= 15 is 0 Å². The molecule has 5 rings (SSSR count). The van der Waals surface area contributed by atoms with Gasteiger partial charge in [0.25, 0.3) is 5.91 Å². The zero-order valence-corrected chi connectivity index (χ0v) is 21.0. The molecule has 0 bridgehead atoms. The summed E-state index contributed by atoms with van der Waals surface area (Å²) in [6.45, 7) is 5.78. The molecule has 0 radical (unpaired) electrons. The third kappa shape index (κ3) is 4.63. The number of amides is 1. The van der Waals surface area contributed by atoms with Crippen LogP contribution < -0.4 is 14.7 Å². The minimum Gasteiger partial charge on any atom is -0.872 e. The fourth-order valence-electron chi connectivity index (χ4n) is 5.11. The van der Waals surface area contributed by atoms with Gasteiger partial charge in [0, 0.05) is 22.4 Å². The van der Waals surface area contributed by atoms with Crippen molar-refractivity contribution < 1.29 is 29.1 Å². The zero-order chi connectivity index (χ0) is 25.9. The summed E-state index contributed by atoms with van der Waals surface area (Å²) < 4.78 is 12.7. The van der Waals surface area contributed by atoms with Gasteiger partial charge >= 0.3 is 0 Å². The highest BCUT2D eigenvalue weighted by molar-refractivity contribution is 6.46. The highest BCUT2D eigenvalue weighted by atomic mass is 16.5. The maximum Gasteiger partial charge on any atom is 0.295 e. The first-order chi connectivity index (χ1) is 18.0. The monoisotopic (exact) mass is 502 g/mol. The predicted molar refractivity (Wildman–Crippen MR) is 134 cm³/mol. The summed E-state index contributed by atoms with van der Waals surface area (Å²) in [4.78, 5) is 29.6. The van der Waals surface area contributed by atoms with E-state index in [0.29, 0.717) is 48.9 Å². The number of ether oxygens (including phenoxy) is 2. The minimum atomic E-state index is -0.844. The summed E-state index contributed by atoms with van der Waals surface area (Å²) >= 11 is 0. The second kappa shape index (κ2) is 10.6. The van der Waals surface area contributed by atoms with Crippen LogP contribution in [0.2, 0.25) is 0 Å². The van der Waals surface area contributed by atoms with Crippen molar-refractivity contribution in [3.05, 3.63) is 83.2 Å². The Hall–Kier alpha value is -3.95.